The summed E-state index contributed by atoms with van der Waals surface area (Å²) in [4.78, 5) is 20.7. The van der Waals surface area contributed by atoms with Crippen LogP contribution in [0.3, 0.4) is 0 Å². The minimum atomic E-state index is -3.44. The van der Waals surface area contributed by atoms with Crippen LogP contribution in [-0.4, -0.2) is 48.3 Å². The van der Waals surface area contributed by atoms with E-state index >= 15 is 0 Å². The Kier molecular flexibility index (Phi) is 6.74. The average Bonchev–Trinajstić information content (AvgIpc) is 3.11. The zero-order valence-electron chi connectivity index (χ0n) is 18.0. The molecule has 1 aromatic heterocycles. The van der Waals surface area contributed by atoms with Crippen LogP contribution in [0.1, 0.15) is 26.5 Å². The number of benzene rings is 1. The summed E-state index contributed by atoms with van der Waals surface area (Å²) >= 11 is 0. The van der Waals surface area contributed by atoms with Gasteiger partial charge < -0.3 is 19.5 Å². The fourth-order valence-corrected chi connectivity index (χ4v) is 3.30. The summed E-state index contributed by atoms with van der Waals surface area (Å²) in [5.74, 6) is -3.74. The number of carbonyl (C=O) groups is 1. The second-order valence-corrected chi connectivity index (χ2v) is 7.98. The summed E-state index contributed by atoms with van der Waals surface area (Å²) in [7, 11) is 1.50. The molecule has 1 aliphatic heterocycles. The van der Waals surface area contributed by atoms with Crippen molar-refractivity contribution >= 4 is 17.0 Å². The zero-order chi connectivity index (χ0) is 22.8. The molecule has 0 amide bonds. The number of allylic oxidation sites excluding steroid dienone is 1. The number of rotatable bonds is 8. The van der Waals surface area contributed by atoms with Gasteiger partial charge in [-0.05, 0) is 24.1 Å². The monoisotopic (exact) mass is 435 g/mol. The predicted molar refractivity (Wildman–Crippen MR) is 111 cm³/mol. The molecule has 9 heteroatoms. The highest BCUT2D eigenvalue weighted by Crippen LogP contribution is 2.36. The summed E-state index contributed by atoms with van der Waals surface area (Å²) in [5, 5.41) is 3.05. The third kappa shape index (κ3) is 4.92. The molecule has 2 heterocycles. The van der Waals surface area contributed by atoms with Gasteiger partial charge in [-0.15, -0.1) is 0 Å². The number of hydrogen-bond donors (Lipinski definition) is 1. The third-order valence-electron chi connectivity index (χ3n) is 5.14. The first-order valence-corrected chi connectivity index (χ1v) is 10.1. The maximum Gasteiger partial charge on any atom is 0.323 e. The smallest absolute Gasteiger partial charge is 0.323 e. The largest absolute Gasteiger partial charge is 0.497 e. The molecular weight excluding hydrogens is 408 g/mol. The van der Waals surface area contributed by atoms with Gasteiger partial charge in [0.05, 0.1) is 24.8 Å². The van der Waals surface area contributed by atoms with Gasteiger partial charge >= 0.3 is 11.9 Å². The van der Waals surface area contributed by atoms with E-state index in [2.05, 4.69) is 21.9 Å². The number of nitrogens with zero attached hydrogens (tertiary/aromatic N) is 2. The molecule has 0 saturated carbocycles. The van der Waals surface area contributed by atoms with Crippen molar-refractivity contribution in [3.8, 4) is 11.6 Å². The van der Waals surface area contributed by atoms with Crippen LogP contribution in [0, 0.1) is 11.8 Å². The number of alkyl halides is 2. The Hall–Kier alpha value is -2.81. The lowest BCUT2D eigenvalue weighted by atomic mass is 10.0. The molecule has 7 nitrogen and oxygen atoms in total. The summed E-state index contributed by atoms with van der Waals surface area (Å²) in [6.07, 6.45) is -0.0740. The van der Waals surface area contributed by atoms with Gasteiger partial charge in [-0.25, -0.2) is 9.97 Å². The maximum atomic E-state index is 14.6. The summed E-state index contributed by atoms with van der Waals surface area (Å²) < 4.78 is 45.5. The van der Waals surface area contributed by atoms with E-state index in [1.807, 2.05) is 13.8 Å². The molecule has 31 heavy (non-hydrogen) atoms. The Morgan fingerprint density at radius 1 is 1.35 bits per heavy atom. The fraction of sp³-hybridized carbons (Fsp3) is 0.500. The van der Waals surface area contributed by atoms with Crippen molar-refractivity contribution in [3.63, 3.8) is 0 Å². The van der Waals surface area contributed by atoms with Crippen molar-refractivity contribution in [2.75, 3.05) is 20.3 Å². The zero-order valence-corrected chi connectivity index (χ0v) is 18.0. The van der Waals surface area contributed by atoms with Crippen LogP contribution in [0.4, 0.5) is 8.78 Å². The van der Waals surface area contributed by atoms with E-state index in [0.29, 0.717) is 23.9 Å². The SMILES string of the molecule is C=CC(F)(F)c1nc2ccc(OC)cc2nc1O[C@H]1CN[C@H](C(=O)OCC(C)C)[C@@H]1C. The molecule has 1 aromatic carbocycles. The van der Waals surface area contributed by atoms with E-state index in [4.69, 9.17) is 14.2 Å². The highest BCUT2D eigenvalue weighted by Gasteiger charge is 2.42. The second-order valence-electron chi connectivity index (χ2n) is 7.98. The van der Waals surface area contributed by atoms with Crippen molar-refractivity contribution in [1.29, 1.82) is 0 Å². The molecular formula is C22H27F2N3O4. The predicted octanol–water partition coefficient (Wildman–Crippen LogP) is 3.47. The van der Waals surface area contributed by atoms with Crippen molar-refractivity contribution in [1.82, 2.24) is 15.3 Å². The van der Waals surface area contributed by atoms with Gasteiger partial charge in [-0.3, -0.25) is 4.79 Å². The number of methoxy groups -OCH3 is 1. The Balaban J connectivity index is 1.89. The number of esters is 1. The van der Waals surface area contributed by atoms with Crippen molar-refractivity contribution in [2.45, 2.75) is 38.8 Å². The summed E-state index contributed by atoms with van der Waals surface area (Å²) in [5.41, 5.74) is 0.0000702. The minimum Gasteiger partial charge on any atom is -0.497 e. The summed E-state index contributed by atoms with van der Waals surface area (Å²) in [6.45, 7) is 9.48. The van der Waals surface area contributed by atoms with Crippen LogP contribution in [0.25, 0.3) is 11.0 Å². The minimum absolute atomic E-state index is 0.210. The van der Waals surface area contributed by atoms with E-state index in [0.717, 1.165) is 0 Å². The molecule has 0 unspecified atom stereocenters. The van der Waals surface area contributed by atoms with E-state index in [9.17, 15) is 13.6 Å². The second kappa shape index (κ2) is 9.13. The quantitative estimate of drug-likeness (QED) is 0.502. The van der Waals surface area contributed by atoms with E-state index in [1.54, 1.807) is 25.1 Å². The first-order chi connectivity index (χ1) is 14.7. The van der Waals surface area contributed by atoms with Gasteiger partial charge in [0, 0.05) is 18.5 Å². The lowest BCUT2D eigenvalue weighted by molar-refractivity contribution is -0.148. The number of aromatic nitrogens is 2. The number of hydrogen-bond acceptors (Lipinski definition) is 7. The van der Waals surface area contributed by atoms with Gasteiger partial charge in [0.15, 0.2) is 5.69 Å². The van der Waals surface area contributed by atoms with Gasteiger partial charge in [-0.1, -0.05) is 27.4 Å². The highest BCUT2D eigenvalue weighted by molar-refractivity contribution is 5.77. The van der Waals surface area contributed by atoms with Gasteiger partial charge in [-0.2, -0.15) is 8.78 Å². The van der Waals surface area contributed by atoms with Gasteiger partial charge in [0.25, 0.3) is 0 Å². The molecule has 168 valence electrons. The molecule has 1 aliphatic rings. The van der Waals surface area contributed by atoms with E-state index in [-0.39, 0.29) is 29.8 Å². The highest BCUT2D eigenvalue weighted by atomic mass is 19.3. The molecule has 0 aliphatic carbocycles. The topological polar surface area (TPSA) is 82.6 Å². The standard InChI is InChI=1S/C22H27F2N3O4/c1-6-22(23,24)19-20(27-16-9-14(29-5)7-8-15(16)26-19)31-17-10-25-18(13(17)4)21(28)30-11-12(2)3/h6-9,12-13,17-18,25H,1,10-11H2,2-5H3/t13-,17+,18+/m1/s1. The Morgan fingerprint density at radius 3 is 2.74 bits per heavy atom. The van der Waals surface area contributed by atoms with Crippen molar-refractivity contribution in [3.05, 3.63) is 36.5 Å². The van der Waals surface area contributed by atoms with Crippen LogP contribution in [-0.2, 0) is 15.5 Å². The summed E-state index contributed by atoms with van der Waals surface area (Å²) in [6, 6.07) is 4.16. The number of fused-ring (bicyclic) bond motifs is 1. The van der Waals surface area contributed by atoms with Crippen LogP contribution >= 0.6 is 0 Å². The lowest BCUT2D eigenvalue weighted by Gasteiger charge is -2.22. The molecule has 1 fully saturated rings. The van der Waals surface area contributed by atoms with E-state index in [1.165, 1.54) is 7.11 Å². The molecule has 1 N–H and O–H groups in total. The molecule has 1 saturated heterocycles. The number of ether oxygens (including phenoxy) is 3. The third-order valence-corrected chi connectivity index (χ3v) is 5.14. The van der Waals surface area contributed by atoms with Crippen LogP contribution < -0.4 is 14.8 Å². The Morgan fingerprint density at radius 2 is 2.10 bits per heavy atom. The molecule has 2 aromatic rings. The molecule has 0 bridgehead atoms. The molecule has 3 rings (SSSR count). The number of carbonyl (C=O) groups excluding carboxylic acids is 1. The molecule has 0 radical (unpaired) electrons. The Bertz CT molecular complexity index is 967. The maximum absolute atomic E-state index is 14.6. The fourth-order valence-electron chi connectivity index (χ4n) is 3.30. The van der Waals surface area contributed by atoms with Crippen molar-refractivity contribution in [2.24, 2.45) is 11.8 Å². The normalized spacial score (nSPS) is 21.3. The van der Waals surface area contributed by atoms with E-state index < -0.39 is 29.7 Å². The molecule has 0 spiro atoms. The lowest BCUT2D eigenvalue weighted by Crippen LogP contribution is -2.37. The number of nitrogens with one attached hydrogen (secondary N) is 1. The van der Waals surface area contributed by atoms with Crippen LogP contribution in [0.2, 0.25) is 0 Å². The first kappa shape index (κ1) is 22.9. The Labute approximate surface area is 179 Å². The first-order valence-electron chi connectivity index (χ1n) is 10.1. The van der Waals surface area contributed by atoms with Gasteiger partial charge in [0.1, 0.15) is 17.9 Å². The molecule has 3 atom stereocenters. The van der Waals surface area contributed by atoms with Crippen molar-refractivity contribution < 1.29 is 27.8 Å². The number of halogens is 2. The van der Waals surface area contributed by atoms with Crippen LogP contribution in [0.15, 0.2) is 30.9 Å². The van der Waals surface area contributed by atoms with Gasteiger partial charge in [0.2, 0.25) is 5.88 Å². The average molecular weight is 435 g/mol. The van der Waals surface area contributed by atoms with Crippen LogP contribution in [0.5, 0.6) is 11.6 Å².